The van der Waals surface area contributed by atoms with Gasteiger partial charge in [0.25, 0.3) is 0 Å². The van der Waals surface area contributed by atoms with E-state index in [0.717, 1.165) is 17.4 Å². The number of hydrogen-bond donors (Lipinski definition) is 2. The van der Waals surface area contributed by atoms with Crippen molar-refractivity contribution in [3.05, 3.63) is 24.5 Å². The molecule has 2 aromatic rings. The van der Waals surface area contributed by atoms with Gasteiger partial charge in [0, 0.05) is 24.5 Å². The van der Waals surface area contributed by atoms with Crippen molar-refractivity contribution in [3.8, 4) is 10.6 Å². The topological polar surface area (TPSA) is 96.9 Å². The van der Waals surface area contributed by atoms with E-state index in [9.17, 15) is 9.59 Å². The molecule has 7 nitrogen and oxygen atoms in total. The summed E-state index contributed by atoms with van der Waals surface area (Å²) < 4.78 is 0. The first-order valence-electron chi connectivity index (χ1n) is 9.04. The summed E-state index contributed by atoms with van der Waals surface area (Å²) >= 11 is 1.22. The molecule has 0 aromatic carbocycles. The van der Waals surface area contributed by atoms with Crippen molar-refractivity contribution in [2.24, 2.45) is 17.8 Å². The van der Waals surface area contributed by atoms with E-state index >= 15 is 0 Å². The highest BCUT2D eigenvalue weighted by Gasteiger charge is 2.43. The highest BCUT2D eigenvalue weighted by Crippen LogP contribution is 2.49. The van der Waals surface area contributed by atoms with Crippen LogP contribution in [0.15, 0.2) is 24.5 Å². The van der Waals surface area contributed by atoms with Crippen LogP contribution in [-0.2, 0) is 9.59 Å². The minimum atomic E-state index is -0.694. The van der Waals surface area contributed by atoms with Gasteiger partial charge in [-0.25, -0.2) is 0 Å². The summed E-state index contributed by atoms with van der Waals surface area (Å²) in [4.78, 5) is 28.0. The Morgan fingerprint density at radius 1 is 1.12 bits per heavy atom. The molecule has 2 saturated carbocycles. The minimum Gasteiger partial charge on any atom is -0.348 e. The van der Waals surface area contributed by atoms with E-state index in [0.29, 0.717) is 22.6 Å². The van der Waals surface area contributed by atoms with Crippen LogP contribution in [0.5, 0.6) is 0 Å². The van der Waals surface area contributed by atoms with Gasteiger partial charge in [-0.15, -0.1) is 10.2 Å². The van der Waals surface area contributed by atoms with Crippen LogP contribution in [0.3, 0.4) is 0 Å². The molecule has 0 radical (unpaired) electrons. The van der Waals surface area contributed by atoms with E-state index in [1.807, 2.05) is 12.1 Å². The average Bonchev–Trinajstić information content (AvgIpc) is 3.05. The zero-order chi connectivity index (χ0) is 17.9. The lowest BCUT2D eigenvalue weighted by Crippen LogP contribution is -2.36. The summed E-state index contributed by atoms with van der Waals surface area (Å²) in [5, 5.41) is 14.2. The number of amides is 2. The van der Waals surface area contributed by atoms with Crippen LogP contribution in [0, 0.1) is 17.8 Å². The maximum absolute atomic E-state index is 12.0. The van der Waals surface area contributed by atoms with Crippen molar-refractivity contribution in [1.29, 1.82) is 0 Å². The highest BCUT2D eigenvalue weighted by molar-refractivity contribution is 7.18. The van der Waals surface area contributed by atoms with Gasteiger partial charge >= 0.3 is 11.8 Å². The molecular formula is C18H21N5O2S. The number of carbonyl (C=O) groups excluding carboxylic acids is 2. The van der Waals surface area contributed by atoms with E-state index in [4.69, 9.17) is 0 Å². The van der Waals surface area contributed by atoms with Gasteiger partial charge in [0.2, 0.25) is 5.13 Å². The van der Waals surface area contributed by atoms with E-state index in [1.165, 1.54) is 43.4 Å². The maximum Gasteiger partial charge on any atom is 0.315 e. The second-order valence-corrected chi connectivity index (χ2v) is 7.99. The van der Waals surface area contributed by atoms with Crippen molar-refractivity contribution in [2.45, 2.75) is 32.1 Å². The molecule has 2 fully saturated rings. The fourth-order valence-electron chi connectivity index (χ4n) is 3.81. The first-order chi connectivity index (χ1) is 12.7. The quantitative estimate of drug-likeness (QED) is 0.787. The highest BCUT2D eigenvalue weighted by atomic mass is 32.1. The third kappa shape index (κ3) is 3.90. The van der Waals surface area contributed by atoms with Gasteiger partial charge in [0.1, 0.15) is 5.01 Å². The molecule has 2 aliphatic carbocycles. The molecule has 2 unspecified atom stereocenters. The van der Waals surface area contributed by atoms with Gasteiger partial charge in [0.05, 0.1) is 0 Å². The fraction of sp³-hybridized carbons (Fsp3) is 0.500. The predicted molar refractivity (Wildman–Crippen MR) is 98.3 cm³/mol. The predicted octanol–water partition coefficient (Wildman–Crippen LogP) is 2.48. The summed E-state index contributed by atoms with van der Waals surface area (Å²) in [5.41, 5.74) is 0.870. The van der Waals surface area contributed by atoms with Gasteiger partial charge in [-0.2, -0.15) is 0 Å². The van der Waals surface area contributed by atoms with Crippen LogP contribution in [0.25, 0.3) is 10.6 Å². The number of rotatable bonds is 5. The Morgan fingerprint density at radius 2 is 1.88 bits per heavy atom. The Hall–Kier alpha value is -2.35. The lowest BCUT2D eigenvalue weighted by molar-refractivity contribution is -0.136. The van der Waals surface area contributed by atoms with Gasteiger partial charge < -0.3 is 5.32 Å². The normalized spacial score (nSPS) is 22.2. The van der Waals surface area contributed by atoms with Crippen LogP contribution >= 0.6 is 11.3 Å². The molecule has 0 aliphatic heterocycles. The lowest BCUT2D eigenvalue weighted by Gasteiger charge is -2.08. The van der Waals surface area contributed by atoms with Crippen LogP contribution in [0.2, 0.25) is 0 Å². The van der Waals surface area contributed by atoms with E-state index in [2.05, 4.69) is 25.8 Å². The van der Waals surface area contributed by atoms with Crippen LogP contribution in [-0.4, -0.2) is 33.5 Å². The minimum absolute atomic E-state index is 0.312. The third-order valence-corrected chi connectivity index (χ3v) is 6.17. The van der Waals surface area contributed by atoms with Gasteiger partial charge in [-0.05, 0) is 36.3 Å². The molecule has 4 rings (SSSR count). The van der Waals surface area contributed by atoms with Gasteiger partial charge in [-0.3, -0.25) is 19.9 Å². The summed E-state index contributed by atoms with van der Waals surface area (Å²) in [6, 6.07) is 3.63. The van der Waals surface area contributed by atoms with Crippen molar-refractivity contribution < 1.29 is 9.59 Å². The zero-order valence-corrected chi connectivity index (χ0v) is 15.2. The SMILES string of the molecule is O=C(NCC1CC1C1CCCC1)C(=O)Nc1nnc(-c2ccncc2)s1. The van der Waals surface area contributed by atoms with Gasteiger partial charge in [-0.1, -0.05) is 37.0 Å². The van der Waals surface area contributed by atoms with Crippen molar-refractivity contribution in [3.63, 3.8) is 0 Å². The monoisotopic (exact) mass is 371 g/mol. The fourth-order valence-corrected chi connectivity index (χ4v) is 4.56. The number of aromatic nitrogens is 3. The molecule has 2 amide bonds. The van der Waals surface area contributed by atoms with E-state index in [1.54, 1.807) is 12.4 Å². The van der Waals surface area contributed by atoms with Crippen molar-refractivity contribution in [2.75, 3.05) is 11.9 Å². The summed E-state index contributed by atoms with van der Waals surface area (Å²) in [7, 11) is 0. The van der Waals surface area contributed by atoms with Crippen molar-refractivity contribution in [1.82, 2.24) is 20.5 Å². The maximum atomic E-state index is 12.0. The smallest absolute Gasteiger partial charge is 0.315 e. The molecule has 8 heteroatoms. The Kier molecular flexibility index (Phi) is 4.92. The largest absolute Gasteiger partial charge is 0.348 e. The Morgan fingerprint density at radius 3 is 2.65 bits per heavy atom. The second-order valence-electron chi connectivity index (χ2n) is 7.02. The Bertz CT molecular complexity index is 788. The Labute approximate surface area is 155 Å². The standard InChI is InChI=1S/C18H21N5O2S/c24-15(20-10-13-9-14(13)11-3-1-2-4-11)16(25)21-18-23-22-17(26-18)12-5-7-19-8-6-12/h5-8,11,13-14H,1-4,9-10H2,(H,20,24)(H,21,23,25). The molecule has 136 valence electrons. The summed E-state index contributed by atoms with van der Waals surface area (Å²) in [5.74, 6) is 0.809. The molecule has 2 aliphatic rings. The molecule has 2 heterocycles. The summed E-state index contributed by atoms with van der Waals surface area (Å²) in [6.45, 7) is 0.589. The molecule has 0 spiro atoms. The molecular weight excluding hydrogens is 350 g/mol. The second kappa shape index (κ2) is 7.49. The first-order valence-corrected chi connectivity index (χ1v) is 9.85. The first kappa shape index (κ1) is 17.1. The molecule has 26 heavy (non-hydrogen) atoms. The van der Waals surface area contributed by atoms with Gasteiger partial charge in [0.15, 0.2) is 0 Å². The molecule has 2 aromatic heterocycles. The van der Waals surface area contributed by atoms with Crippen molar-refractivity contribution >= 4 is 28.3 Å². The third-order valence-electron chi connectivity index (χ3n) is 5.29. The average molecular weight is 371 g/mol. The molecule has 0 saturated heterocycles. The van der Waals surface area contributed by atoms with E-state index < -0.39 is 11.8 Å². The zero-order valence-electron chi connectivity index (χ0n) is 14.4. The number of pyridine rings is 1. The molecule has 2 N–H and O–H groups in total. The van der Waals surface area contributed by atoms with Crippen LogP contribution in [0.4, 0.5) is 5.13 Å². The number of nitrogens with zero attached hydrogens (tertiary/aromatic N) is 3. The number of carbonyl (C=O) groups is 2. The number of hydrogen-bond acceptors (Lipinski definition) is 6. The Balaban J connectivity index is 1.24. The van der Waals surface area contributed by atoms with Crippen LogP contribution < -0.4 is 10.6 Å². The lowest BCUT2D eigenvalue weighted by atomic mass is 10.0. The molecule has 0 bridgehead atoms. The van der Waals surface area contributed by atoms with E-state index in [-0.39, 0.29) is 0 Å². The summed E-state index contributed by atoms with van der Waals surface area (Å²) in [6.07, 6.45) is 9.84. The number of anilines is 1. The molecule has 2 atom stereocenters. The number of nitrogens with one attached hydrogen (secondary N) is 2. The van der Waals surface area contributed by atoms with Crippen LogP contribution in [0.1, 0.15) is 32.1 Å².